The van der Waals surface area contributed by atoms with Crippen LogP contribution in [0.1, 0.15) is 16.7 Å². The number of hydrogen-bond acceptors (Lipinski definition) is 4. The average Bonchev–Trinajstić information content (AvgIpc) is 2.63. The minimum atomic E-state index is -3.50. The summed E-state index contributed by atoms with van der Waals surface area (Å²) < 4.78 is 24.7. The van der Waals surface area contributed by atoms with Crippen molar-refractivity contribution >= 4 is 9.84 Å². The molecule has 0 aliphatic carbocycles. The van der Waals surface area contributed by atoms with E-state index in [0.29, 0.717) is 11.1 Å². The molecule has 26 heavy (non-hydrogen) atoms. The van der Waals surface area contributed by atoms with Gasteiger partial charge in [-0.2, -0.15) is 0 Å². The highest BCUT2D eigenvalue weighted by Gasteiger charge is 2.35. The van der Waals surface area contributed by atoms with Crippen LogP contribution < -0.4 is 0 Å². The first-order valence-corrected chi connectivity index (χ1v) is 9.86. The van der Waals surface area contributed by atoms with Gasteiger partial charge in [0, 0.05) is 11.7 Å². The van der Waals surface area contributed by atoms with Gasteiger partial charge in [0.15, 0.2) is 21.3 Å². The zero-order valence-electron chi connectivity index (χ0n) is 14.3. The molecule has 3 rings (SSSR count). The molecule has 1 unspecified atom stereocenters. The lowest BCUT2D eigenvalue weighted by Crippen LogP contribution is -2.28. The van der Waals surface area contributed by atoms with Crippen molar-refractivity contribution in [3.63, 3.8) is 0 Å². The summed E-state index contributed by atoms with van der Waals surface area (Å²) in [5.74, 6) is -0.538. The highest BCUT2D eigenvalue weighted by Crippen LogP contribution is 2.43. The van der Waals surface area contributed by atoms with Crippen LogP contribution in [0.5, 0.6) is 11.5 Å². The second kappa shape index (κ2) is 6.50. The van der Waals surface area contributed by atoms with E-state index in [1.165, 1.54) is 12.1 Å². The van der Waals surface area contributed by atoms with Gasteiger partial charge in [0.25, 0.3) is 0 Å². The summed E-state index contributed by atoms with van der Waals surface area (Å²) in [6.07, 6.45) is 1.16. The van der Waals surface area contributed by atoms with Crippen LogP contribution in [0.2, 0.25) is 0 Å². The van der Waals surface area contributed by atoms with Gasteiger partial charge >= 0.3 is 0 Å². The molecule has 5 heteroatoms. The smallest absolute Gasteiger partial charge is 0.175 e. The van der Waals surface area contributed by atoms with Gasteiger partial charge in [0.2, 0.25) is 0 Å². The van der Waals surface area contributed by atoms with Gasteiger partial charge in [-0.15, -0.1) is 0 Å². The molecule has 2 N–H and O–H groups in total. The predicted octanol–water partition coefficient (Wildman–Crippen LogP) is 3.67. The van der Waals surface area contributed by atoms with Gasteiger partial charge in [-0.25, -0.2) is 8.42 Å². The van der Waals surface area contributed by atoms with E-state index >= 15 is 0 Å². The van der Waals surface area contributed by atoms with E-state index in [1.54, 1.807) is 30.3 Å². The summed E-state index contributed by atoms with van der Waals surface area (Å²) in [6, 6.07) is 20.4. The Morgan fingerprint density at radius 2 is 1.42 bits per heavy atom. The molecule has 0 aliphatic heterocycles. The molecule has 0 saturated carbocycles. The Labute approximate surface area is 153 Å². The van der Waals surface area contributed by atoms with E-state index in [0.717, 1.165) is 11.8 Å². The van der Waals surface area contributed by atoms with E-state index in [4.69, 9.17) is 0 Å². The second-order valence-corrected chi connectivity index (χ2v) is 8.23. The fourth-order valence-electron chi connectivity index (χ4n) is 3.13. The molecule has 0 bridgehead atoms. The van der Waals surface area contributed by atoms with Crippen LogP contribution in [-0.4, -0.2) is 24.9 Å². The topological polar surface area (TPSA) is 74.6 Å². The van der Waals surface area contributed by atoms with E-state index in [-0.39, 0.29) is 16.4 Å². The number of phenols is 2. The van der Waals surface area contributed by atoms with Gasteiger partial charge in [0.05, 0.1) is 4.90 Å². The van der Waals surface area contributed by atoms with Crippen LogP contribution in [0.3, 0.4) is 0 Å². The van der Waals surface area contributed by atoms with Crippen LogP contribution in [-0.2, 0) is 15.3 Å². The standard InChI is InChI=1S/C21H19O4S/c1-21(15-8-4-3-5-9-15,16-12-13-18(22)19(23)14-16)17-10-6-7-11-20(17)26(2,24)25/h3-14,22-23H,1H2,2H3. The molecular weight excluding hydrogens is 348 g/mol. The number of hydrogen-bond donors (Lipinski definition) is 2. The third-order valence-electron chi connectivity index (χ3n) is 4.48. The van der Waals surface area contributed by atoms with E-state index in [9.17, 15) is 18.6 Å². The first kappa shape index (κ1) is 18.0. The number of sulfone groups is 1. The van der Waals surface area contributed by atoms with Crippen molar-refractivity contribution in [2.45, 2.75) is 10.3 Å². The summed E-state index contributed by atoms with van der Waals surface area (Å²) in [6.45, 7) is 4.37. The molecule has 1 atom stereocenters. The molecule has 3 aromatic rings. The SMILES string of the molecule is [CH2]C(c1ccccc1)(c1ccc(O)c(O)c1)c1ccccc1S(C)(=O)=O. The Balaban J connectivity index is 2.39. The summed E-state index contributed by atoms with van der Waals surface area (Å²) in [5, 5.41) is 19.7. The Hall–Kier alpha value is -2.79. The maximum absolute atomic E-state index is 12.4. The molecule has 0 spiro atoms. The molecule has 3 aromatic carbocycles. The van der Waals surface area contributed by atoms with Crippen molar-refractivity contribution in [2.24, 2.45) is 0 Å². The monoisotopic (exact) mass is 367 g/mol. The van der Waals surface area contributed by atoms with Crippen LogP contribution >= 0.6 is 0 Å². The minimum Gasteiger partial charge on any atom is -0.504 e. The number of phenolic OH excluding ortho intramolecular Hbond substituents is 2. The summed E-state index contributed by atoms with van der Waals surface area (Å²) in [7, 11) is -3.50. The van der Waals surface area contributed by atoms with Crippen molar-refractivity contribution in [3.05, 3.63) is 96.4 Å². The Bertz CT molecular complexity index is 1040. The van der Waals surface area contributed by atoms with Gasteiger partial charge in [-0.1, -0.05) is 54.6 Å². The van der Waals surface area contributed by atoms with Crippen LogP contribution in [0, 0.1) is 6.92 Å². The Morgan fingerprint density at radius 3 is 2.04 bits per heavy atom. The van der Waals surface area contributed by atoms with Crippen molar-refractivity contribution < 1.29 is 18.6 Å². The normalized spacial score (nSPS) is 13.9. The molecule has 0 aliphatic rings. The molecule has 0 heterocycles. The highest BCUT2D eigenvalue weighted by atomic mass is 32.2. The van der Waals surface area contributed by atoms with Crippen LogP contribution in [0.15, 0.2) is 77.7 Å². The first-order chi connectivity index (χ1) is 12.2. The fourth-order valence-corrected chi connectivity index (χ4v) is 4.10. The van der Waals surface area contributed by atoms with E-state index in [2.05, 4.69) is 6.92 Å². The number of benzene rings is 3. The van der Waals surface area contributed by atoms with Crippen molar-refractivity contribution in [3.8, 4) is 11.5 Å². The zero-order valence-corrected chi connectivity index (χ0v) is 15.1. The quantitative estimate of drug-likeness (QED) is 0.545. The molecule has 133 valence electrons. The predicted molar refractivity (Wildman–Crippen MR) is 101 cm³/mol. The average molecular weight is 367 g/mol. The minimum absolute atomic E-state index is 0.173. The van der Waals surface area contributed by atoms with Crippen molar-refractivity contribution in [1.82, 2.24) is 0 Å². The molecular formula is C21H19O4S. The fraction of sp³-hybridized carbons (Fsp3) is 0.0952. The van der Waals surface area contributed by atoms with Crippen LogP contribution in [0.4, 0.5) is 0 Å². The summed E-state index contributed by atoms with van der Waals surface area (Å²) >= 11 is 0. The van der Waals surface area contributed by atoms with Gasteiger partial charge < -0.3 is 10.2 Å². The van der Waals surface area contributed by atoms with Crippen molar-refractivity contribution in [1.29, 1.82) is 0 Å². The lowest BCUT2D eigenvalue weighted by Gasteiger charge is -2.33. The van der Waals surface area contributed by atoms with Gasteiger partial charge in [-0.05, 0) is 41.8 Å². The molecule has 0 saturated heterocycles. The maximum atomic E-state index is 12.4. The Kier molecular flexibility index (Phi) is 4.50. The molecule has 0 aromatic heterocycles. The molecule has 0 amide bonds. The van der Waals surface area contributed by atoms with E-state index in [1.807, 2.05) is 30.3 Å². The lowest BCUT2D eigenvalue weighted by molar-refractivity contribution is 0.402. The molecule has 0 fully saturated rings. The maximum Gasteiger partial charge on any atom is 0.175 e. The second-order valence-electron chi connectivity index (χ2n) is 6.24. The summed E-state index contributed by atoms with van der Waals surface area (Å²) in [5.41, 5.74) is 0.738. The van der Waals surface area contributed by atoms with Gasteiger partial charge in [-0.3, -0.25) is 0 Å². The molecule has 4 nitrogen and oxygen atoms in total. The van der Waals surface area contributed by atoms with Crippen molar-refractivity contribution in [2.75, 3.05) is 6.26 Å². The Morgan fingerprint density at radius 1 is 0.808 bits per heavy atom. The third-order valence-corrected chi connectivity index (χ3v) is 5.64. The third kappa shape index (κ3) is 3.06. The van der Waals surface area contributed by atoms with Gasteiger partial charge in [0.1, 0.15) is 0 Å². The molecule has 1 radical (unpaired) electrons. The highest BCUT2D eigenvalue weighted by molar-refractivity contribution is 7.90. The number of aromatic hydroxyl groups is 2. The zero-order chi connectivity index (χ0) is 18.9. The largest absolute Gasteiger partial charge is 0.504 e. The first-order valence-electron chi connectivity index (χ1n) is 7.97. The van der Waals surface area contributed by atoms with E-state index < -0.39 is 15.3 Å². The van der Waals surface area contributed by atoms with Crippen LogP contribution in [0.25, 0.3) is 0 Å². The lowest BCUT2D eigenvalue weighted by atomic mass is 9.71. The number of rotatable bonds is 4. The summed E-state index contributed by atoms with van der Waals surface area (Å²) in [4.78, 5) is 0.173.